The standard InChI is InChI=1S/C13H14N2O2/c14-13(17)10-4-1-9(2-5-10)3-8-12(16)15-11-6-7-11/h1-5,8,11H,6-7H2,(H2,14,17)(H,15,16). The number of nitrogens with two attached hydrogens (primary N) is 1. The normalized spacial score (nSPS) is 14.8. The summed E-state index contributed by atoms with van der Waals surface area (Å²) in [7, 11) is 0. The predicted molar refractivity (Wildman–Crippen MR) is 65.2 cm³/mol. The summed E-state index contributed by atoms with van der Waals surface area (Å²) in [5, 5.41) is 2.85. The summed E-state index contributed by atoms with van der Waals surface area (Å²) in [5.74, 6) is -0.529. The molecule has 4 heteroatoms. The number of amides is 2. The molecule has 0 saturated heterocycles. The van der Waals surface area contributed by atoms with Crippen LogP contribution < -0.4 is 11.1 Å². The highest BCUT2D eigenvalue weighted by molar-refractivity contribution is 5.94. The zero-order chi connectivity index (χ0) is 12.3. The van der Waals surface area contributed by atoms with E-state index >= 15 is 0 Å². The maximum Gasteiger partial charge on any atom is 0.248 e. The largest absolute Gasteiger partial charge is 0.366 e. The minimum absolute atomic E-state index is 0.0773. The van der Waals surface area contributed by atoms with Crippen molar-refractivity contribution in [1.82, 2.24) is 5.32 Å². The van der Waals surface area contributed by atoms with Crippen molar-refractivity contribution >= 4 is 17.9 Å². The summed E-state index contributed by atoms with van der Waals surface area (Å²) in [6.45, 7) is 0. The molecular weight excluding hydrogens is 216 g/mol. The molecule has 17 heavy (non-hydrogen) atoms. The maximum atomic E-state index is 11.4. The van der Waals surface area contributed by atoms with Crippen LogP contribution in [-0.4, -0.2) is 17.9 Å². The number of hydrogen-bond acceptors (Lipinski definition) is 2. The number of hydrogen-bond donors (Lipinski definition) is 2. The fraction of sp³-hybridized carbons (Fsp3) is 0.231. The number of benzene rings is 1. The van der Waals surface area contributed by atoms with Crippen molar-refractivity contribution in [2.75, 3.05) is 0 Å². The second-order valence-electron chi connectivity index (χ2n) is 4.10. The van der Waals surface area contributed by atoms with Gasteiger partial charge in [-0.2, -0.15) is 0 Å². The van der Waals surface area contributed by atoms with E-state index in [9.17, 15) is 9.59 Å². The number of carbonyl (C=O) groups is 2. The van der Waals surface area contributed by atoms with Gasteiger partial charge in [-0.15, -0.1) is 0 Å². The highest BCUT2D eigenvalue weighted by atomic mass is 16.1. The molecule has 3 N–H and O–H groups in total. The van der Waals surface area contributed by atoms with E-state index in [0.717, 1.165) is 18.4 Å². The lowest BCUT2D eigenvalue weighted by molar-refractivity contribution is -0.116. The van der Waals surface area contributed by atoms with Crippen LogP contribution in [0.15, 0.2) is 30.3 Å². The minimum atomic E-state index is -0.452. The highest BCUT2D eigenvalue weighted by Crippen LogP contribution is 2.18. The molecule has 1 fully saturated rings. The van der Waals surface area contributed by atoms with Crippen LogP contribution in [0.2, 0.25) is 0 Å². The van der Waals surface area contributed by atoms with Crippen molar-refractivity contribution in [2.24, 2.45) is 5.73 Å². The molecule has 1 aliphatic carbocycles. The average molecular weight is 230 g/mol. The fourth-order valence-electron chi connectivity index (χ4n) is 1.41. The third-order valence-electron chi connectivity index (χ3n) is 2.55. The SMILES string of the molecule is NC(=O)c1ccc(C=CC(=O)NC2CC2)cc1. The Hall–Kier alpha value is -2.10. The fourth-order valence-corrected chi connectivity index (χ4v) is 1.41. The Labute approximate surface area is 99.5 Å². The monoisotopic (exact) mass is 230 g/mol. The molecule has 0 atom stereocenters. The van der Waals surface area contributed by atoms with Crippen LogP contribution in [0, 0.1) is 0 Å². The van der Waals surface area contributed by atoms with Gasteiger partial charge in [-0.3, -0.25) is 9.59 Å². The van der Waals surface area contributed by atoms with Gasteiger partial charge in [-0.05, 0) is 36.6 Å². The number of carbonyl (C=O) groups excluding carboxylic acids is 2. The minimum Gasteiger partial charge on any atom is -0.366 e. The Kier molecular flexibility index (Phi) is 3.23. The van der Waals surface area contributed by atoms with Crippen LogP contribution in [0.1, 0.15) is 28.8 Å². The van der Waals surface area contributed by atoms with Crippen molar-refractivity contribution in [2.45, 2.75) is 18.9 Å². The van der Waals surface area contributed by atoms with E-state index in [1.54, 1.807) is 30.3 Å². The molecule has 1 saturated carbocycles. The van der Waals surface area contributed by atoms with Gasteiger partial charge in [0, 0.05) is 17.7 Å². The van der Waals surface area contributed by atoms with Gasteiger partial charge >= 0.3 is 0 Å². The van der Waals surface area contributed by atoms with Crippen molar-refractivity contribution in [3.8, 4) is 0 Å². The molecule has 0 aliphatic heterocycles. The Morgan fingerprint density at radius 1 is 1.24 bits per heavy atom. The van der Waals surface area contributed by atoms with E-state index < -0.39 is 5.91 Å². The summed E-state index contributed by atoms with van der Waals surface area (Å²) < 4.78 is 0. The first-order chi connectivity index (χ1) is 8.15. The third kappa shape index (κ3) is 3.45. The first kappa shape index (κ1) is 11.4. The molecule has 0 aromatic heterocycles. The molecule has 0 radical (unpaired) electrons. The van der Waals surface area contributed by atoms with Gasteiger partial charge in [-0.25, -0.2) is 0 Å². The molecule has 0 unspecified atom stereocenters. The lowest BCUT2D eigenvalue weighted by Crippen LogP contribution is -2.22. The first-order valence-electron chi connectivity index (χ1n) is 5.53. The van der Waals surface area contributed by atoms with Gasteiger partial charge in [0.05, 0.1) is 0 Å². The Morgan fingerprint density at radius 3 is 2.41 bits per heavy atom. The van der Waals surface area contributed by atoms with Crippen molar-refractivity contribution < 1.29 is 9.59 Å². The molecule has 1 aromatic rings. The van der Waals surface area contributed by atoms with Crippen LogP contribution in [0.5, 0.6) is 0 Å². The lowest BCUT2D eigenvalue weighted by Gasteiger charge is -1.98. The van der Waals surface area contributed by atoms with Crippen molar-refractivity contribution in [1.29, 1.82) is 0 Å². The molecule has 1 aromatic carbocycles. The number of primary amides is 1. The van der Waals surface area contributed by atoms with Crippen LogP contribution >= 0.6 is 0 Å². The van der Waals surface area contributed by atoms with Gasteiger partial charge in [-0.1, -0.05) is 12.1 Å². The number of rotatable bonds is 4. The van der Waals surface area contributed by atoms with E-state index in [2.05, 4.69) is 5.32 Å². The molecule has 4 nitrogen and oxygen atoms in total. The Balaban J connectivity index is 1.95. The topological polar surface area (TPSA) is 72.2 Å². The van der Waals surface area contributed by atoms with Crippen LogP contribution in [0.3, 0.4) is 0 Å². The lowest BCUT2D eigenvalue weighted by atomic mass is 10.1. The van der Waals surface area contributed by atoms with E-state index in [0.29, 0.717) is 11.6 Å². The van der Waals surface area contributed by atoms with E-state index in [-0.39, 0.29) is 5.91 Å². The van der Waals surface area contributed by atoms with Crippen molar-refractivity contribution in [3.05, 3.63) is 41.5 Å². The molecular formula is C13H14N2O2. The highest BCUT2D eigenvalue weighted by Gasteiger charge is 2.21. The first-order valence-corrected chi connectivity index (χ1v) is 5.53. The van der Waals surface area contributed by atoms with E-state index in [1.807, 2.05) is 0 Å². The third-order valence-corrected chi connectivity index (χ3v) is 2.55. The van der Waals surface area contributed by atoms with Gasteiger partial charge < -0.3 is 11.1 Å². The second kappa shape index (κ2) is 4.82. The van der Waals surface area contributed by atoms with Crippen molar-refractivity contribution in [3.63, 3.8) is 0 Å². The summed E-state index contributed by atoms with van der Waals surface area (Å²) >= 11 is 0. The van der Waals surface area contributed by atoms with Gasteiger partial charge in [0.15, 0.2) is 0 Å². The van der Waals surface area contributed by atoms with E-state index in [4.69, 9.17) is 5.73 Å². The Bertz CT molecular complexity index is 459. The quantitative estimate of drug-likeness (QED) is 0.759. The summed E-state index contributed by atoms with van der Waals surface area (Å²) in [6.07, 6.45) is 5.36. The van der Waals surface area contributed by atoms with Gasteiger partial charge in [0.2, 0.25) is 11.8 Å². The molecule has 0 heterocycles. The summed E-state index contributed by atoms with van der Waals surface area (Å²) in [6, 6.07) is 7.15. The van der Waals surface area contributed by atoms with Gasteiger partial charge in [0.25, 0.3) is 0 Å². The summed E-state index contributed by atoms with van der Waals surface area (Å²) in [5.41, 5.74) is 6.45. The van der Waals surface area contributed by atoms with Crippen LogP contribution in [0.4, 0.5) is 0 Å². The smallest absolute Gasteiger partial charge is 0.248 e. The molecule has 2 amide bonds. The van der Waals surface area contributed by atoms with Crippen LogP contribution in [0.25, 0.3) is 6.08 Å². The zero-order valence-corrected chi connectivity index (χ0v) is 9.35. The van der Waals surface area contributed by atoms with Gasteiger partial charge in [0.1, 0.15) is 0 Å². The zero-order valence-electron chi connectivity index (χ0n) is 9.35. The second-order valence-corrected chi connectivity index (χ2v) is 4.10. The molecule has 1 aliphatic rings. The van der Waals surface area contributed by atoms with E-state index in [1.165, 1.54) is 6.08 Å². The molecule has 0 bridgehead atoms. The molecule has 2 rings (SSSR count). The molecule has 0 spiro atoms. The summed E-state index contributed by atoms with van der Waals surface area (Å²) in [4.78, 5) is 22.2. The molecule has 88 valence electrons. The average Bonchev–Trinajstić information content (AvgIpc) is 3.11. The van der Waals surface area contributed by atoms with Crippen LogP contribution in [-0.2, 0) is 4.79 Å². The number of nitrogens with one attached hydrogen (secondary N) is 1. The maximum absolute atomic E-state index is 11.4. The predicted octanol–water partition coefficient (Wildman–Crippen LogP) is 1.08. The Morgan fingerprint density at radius 2 is 1.88 bits per heavy atom.